The van der Waals surface area contributed by atoms with Crippen LogP contribution in [-0.4, -0.2) is 92.1 Å². The lowest BCUT2D eigenvalue weighted by molar-refractivity contribution is -0.134. The molecule has 2 saturated heterocycles. The van der Waals surface area contributed by atoms with Crippen molar-refractivity contribution in [1.29, 1.82) is 0 Å². The zero-order valence-corrected chi connectivity index (χ0v) is 21.8. The van der Waals surface area contributed by atoms with Crippen molar-refractivity contribution in [3.05, 3.63) is 0 Å². The van der Waals surface area contributed by atoms with Gasteiger partial charge in [0.2, 0.25) is 15.9 Å². The number of nitrogens with zero attached hydrogens (tertiary/aromatic N) is 3. The van der Waals surface area contributed by atoms with Crippen LogP contribution >= 0.6 is 35.7 Å². The van der Waals surface area contributed by atoms with Crippen LogP contribution in [0.4, 0.5) is 0 Å². The molecule has 1 amide bonds. The molecular weight excluding hydrogens is 537 g/mol. The van der Waals surface area contributed by atoms with Gasteiger partial charge in [0.05, 0.1) is 12.3 Å². The average Bonchev–Trinajstić information content (AvgIpc) is 3.40. The van der Waals surface area contributed by atoms with Gasteiger partial charge in [0, 0.05) is 56.2 Å². The normalized spacial score (nSPS) is 24.0. The van der Waals surface area contributed by atoms with Crippen LogP contribution in [0.2, 0.25) is 0 Å². The fraction of sp³-hybridized carbons (Fsp3) is 0.895. The van der Waals surface area contributed by atoms with Crippen molar-refractivity contribution in [3.8, 4) is 0 Å². The topological polar surface area (TPSA) is 94.1 Å². The molecule has 2 N–H and O–H groups in total. The maximum atomic E-state index is 12.6. The minimum atomic E-state index is -3.25. The zero-order valence-electron chi connectivity index (χ0n) is 17.8. The minimum Gasteiger partial charge on any atom is -0.357 e. The molecule has 11 heteroatoms. The third-order valence-electron chi connectivity index (χ3n) is 5.87. The van der Waals surface area contributed by atoms with Gasteiger partial charge in [-0.15, -0.1) is 24.0 Å². The summed E-state index contributed by atoms with van der Waals surface area (Å²) in [5.74, 6) is 2.92. The first-order valence-electron chi connectivity index (χ1n) is 10.9. The molecule has 3 aliphatic rings. The van der Waals surface area contributed by atoms with Gasteiger partial charge in [0.15, 0.2) is 5.96 Å². The first kappa shape index (κ1) is 26.0. The molecule has 0 radical (unpaired) electrons. The number of guanidine groups is 1. The number of thioether (sulfide) groups is 1. The predicted molar refractivity (Wildman–Crippen MR) is 134 cm³/mol. The molecule has 0 spiro atoms. The highest BCUT2D eigenvalue weighted by atomic mass is 127. The minimum absolute atomic E-state index is 0. The van der Waals surface area contributed by atoms with Crippen LogP contribution in [0.25, 0.3) is 0 Å². The number of carbonyl (C=O) groups excluding carboxylic acids is 1. The molecule has 2 aliphatic heterocycles. The van der Waals surface area contributed by atoms with Gasteiger partial charge in [-0.05, 0) is 26.2 Å². The maximum Gasteiger partial charge on any atom is 0.225 e. The van der Waals surface area contributed by atoms with E-state index in [1.54, 1.807) is 16.1 Å². The van der Waals surface area contributed by atoms with Crippen LogP contribution in [0.1, 0.15) is 39.0 Å². The predicted octanol–water partition coefficient (Wildman–Crippen LogP) is 1.33. The van der Waals surface area contributed by atoms with Crippen LogP contribution in [-0.2, 0) is 14.8 Å². The van der Waals surface area contributed by atoms with Crippen molar-refractivity contribution in [2.24, 2.45) is 10.9 Å². The highest BCUT2D eigenvalue weighted by Gasteiger charge is 2.32. The van der Waals surface area contributed by atoms with Gasteiger partial charge < -0.3 is 15.5 Å². The summed E-state index contributed by atoms with van der Waals surface area (Å²) in [6.45, 7) is 5.61. The van der Waals surface area contributed by atoms with E-state index >= 15 is 0 Å². The second-order valence-corrected chi connectivity index (χ2v) is 11.3. The van der Waals surface area contributed by atoms with E-state index in [9.17, 15) is 13.2 Å². The Morgan fingerprint density at radius 3 is 2.50 bits per heavy atom. The number of likely N-dealkylation sites (tertiary alicyclic amines) is 1. The third kappa shape index (κ3) is 7.40. The van der Waals surface area contributed by atoms with E-state index in [0.29, 0.717) is 38.0 Å². The Hall–Kier alpha value is -0.270. The fourth-order valence-corrected chi connectivity index (χ4v) is 6.70. The summed E-state index contributed by atoms with van der Waals surface area (Å²) in [5, 5.41) is 6.59. The summed E-state index contributed by atoms with van der Waals surface area (Å²) >= 11 is 1.80. The molecule has 0 aromatic heterocycles. The summed E-state index contributed by atoms with van der Waals surface area (Å²) in [6, 6.07) is 0.161. The molecule has 1 unspecified atom stereocenters. The standard InChI is InChI=1S/C19H35N5O3S2.HI/c1-2-20-19(21-8-14-29(26,27)24-10-12-28-13-11-24)22-17-7-9-23(15-17)18(25)16-5-3-4-6-16;/h16-17H,2-15H2,1H3,(H2,20,21,22);1H. The van der Waals surface area contributed by atoms with E-state index in [1.807, 2.05) is 11.8 Å². The van der Waals surface area contributed by atoms with E-state index < -0.39 is 10.0 Å². The van der Waals surface area contributed by atoms with Crippen LogP contribution in [0.15, 0.2) is 4.99 Å². The molecule has 2 heterocycles. The average molecular weight is 574 g/mol. The smallest absolute Gasteiger partial charge is 0.225 e. The highest BCUT2D eigenvalue weighted by Crippen LogP contribution is 2.27. The summed E-state index contributed by atoms with van der Waals surface area (Å²) < 4.78 is 26.5. The van der Waals surface area contributed by atoms with E-state index in [4.69, 9.17) is 0 Å². The van der Waals surface area contributed by atoms with Gasteiger partial charge in [0.1, 0.15) is 0 Å². The number of sulfonamides is 1. The molecular formula is C19H36IN5O3S2. The number of rotatable bonds is 7. The Balaban J connectivity index is 0.00000320. The zero-order chi connectivity index (χ0) is 20.7. The van der Waals surface area contributed by atoms with E-state index in [1.165, 1.54) is 12.8 Å². The third-order valence-corrected chi connectivity index (χ3v) is 8.66. The van der Waals surface area contributed by atoms with Crippen molar-refractivity contribution < 1.29 is 13.2 Å². The second kappa shape index (κ2) is 12.7. The summed E-state index contributed by atoms with van der Waals surface area (Å²) in [4.78, 5) is 19.1. The molecule has 174 valence electrons. The van der Waals surface area contributed by atoms with Crippen molar-refractivity contribution >= 4 is 57.6 Å². The largest absolute Gasteiger partial charge is 0.357 e. The molecule has 3 fully saturated rings. The number of halogens is 1. The molecule has 30 heavy (non-hydrogen) atoms. The fourth-order valence-electron chi connectivity index (χ4n) is 4.25. The molecule has 1 saturated carbocycles. The molecule has 1 atom stereocenters. The summed E-state index contributed by atoms with van der Waals surface area (Å²) in [6.07, 6.45) is 5.29. The van der Waals surface area contributed by atoms with Gasteiger partial charge in [0.25, 0.3) is 0 Å². The van der Waals surface area contributed by atoms with Gasteiger partial charge in [-0.2, -0.15) is 11.8 Å². The lowest BCUT2D eigenvalue weighted by Crippen LogP contribution is -2.46. The van der Waals surface area contributed by atoms with E-state index in [0.717, 1.165) is 37.3 Å². The van der Waals surface area contributed by atoms with Gasteiger partial charge >= 0.3 is 0 Å². The van der Waals surface area contributed by atoms with Gasteiger partial charge in [-0.25, -0.2) is 12.7 Å². The molecule has 0 aromatic carbocycles. The molecule has 3 rings (SSSR count). The van der Waals surface area contributed by atoms with Crippen LogP contribution in [0.5, 0.6) is 0 Å². The summed E-state index contributed by atoms with van der Waals surface area (Å²) in [5.41, 5.74) is 0. The first-order valence-corrected chi connectivity index (χ1v) is 13.6. The Bertz CT molecular complexity index is 680. The summed E-state index contributed by atoms with van der Waals surface area (Å²) in [7, 11) is -3.25. The van der Waals surface area contributed by atoms with Crippen molar-refractivity contribution in [1.82, 2.24) is 19.8 Å². The molecule has 8 nitrogen and oxygen atoms in total. The number of carbonyl (C=O) groups is 1. The van der Waals surface area contributed by atoms with Crippen LogP contribution in [0.3, 0.4) is 0 Å². The monoisotopic (exact) mass is 573 g/mol. The second-order valence-electron chi connectivity index (χ2n) is 7.98. The van der Waals surface area contributed by atoms with E-state index in [-0.39, 0.29) is 48.2 Å². The Kier molecular flexibility index (Phi) is 11.0. The molecule has 0 aromatic rings. The van der Waals surface area contributed by atoms with Crippen LogP contribution < -0.4 is 10.6 Å². The number of aliphatic imine (C=N–C) groups is 1. The lowest BCUT2D eigenvalue weighted by Gasteiger charge is -2.25. The Morgan fingerprint density at radius 2 is 1.83 bits per heavy atom. The van der Waals surface area contributed by atoms with Crippen molar-refractivity contribution in [2.75, 3.05) is 56.5 Å². The van der Waals surface area contributed by atoms with Crippen molar-refractivity contribution in [2.45, 2.75) is 45.1 Å². The van der Waals surface area contributed by atoms with Gasteiger partial charge in [-0.1, -0.05) is 12.8 Å². The Labute approximate surface area is 202 Å². The van der Waals surface area contributed by atoms with E-state index in [2.05, 4.69) is 15.6 Å². The Morgan fingerprint density at radius 1 is 1.13 bits per heavy atom. The quantitative estimate of drug-likeness (QED) is 0.271. The number of amides is 1. The SMILES string of the molecule is CCNC(=NCCS(=O)(=O)N1CCSCC1)NC1CCN(C(=O)C2CCCC2)C1.I. The lowest BCUT2D eigenvalue weighted by atomic mass is 10.1. The number of hydrogen-bond donors (Lipinski definition) is 2. The maximum absolute atomic E-state index is 12.6. The van der Waals surface area contributed by atoms with Gasteiger partial charge in [-0.3, -0.25) is 9.79 Å². The first-order chi connectivity index (χ1) is 14.0. The number of hydrogen-bond acceptors (Lipinski definition) is 5. The molecule has 1 aliphatic carbocycles. The van der Waals surface area contributed by atoms with Crippen LogP contribution in [0, 0.1) is 5.92 Å². The van der Waals surface area contributed by atoms with Crippen molar-refractivity contribution in [3.63, 3.8) is 0 Å². The molecule has 0 bridgehead atoms. The highest BCUT2D eigenvalue weighted by molar-refractivity contribution is 14.0. The number of nitrogens with one attached hydrogen (secondary N) is 2.